The van der Waals surface area contributed by atoms with Crippen LogP contribution in [0.3, 0.4) is 0 Å². The van der Waals surface area contributed by atoms with Crippen molar-refractivity contribution >= 4 is 11.6 Å². The van der Waals surface area contributed by atoms with Gasteiger partial charge in [0.05, 0.1) is 0 Å². The van der Waals surface area contributed by atoms with E-state index < -0.39 is 0 Å². The lowest BCUT2D eigenvalue weighted by atomic mass is 10.1. The Hall–Kier alpha value is -1.32. The molecular weight excluding hydrogens is 260 g/mol. The molecule has 0 saturated heterocycles. The van der Waals surface area contributed by atoms with E-state index in [4.69, 9.17) is 0 Å². The highest BCUT2D eigenvalue weighted by molar-refractivity contribution is 5.48. The third-order valence-electron chi connectivity index (χ3n) is 4.13. The van der Waals surface area contributed by atoms with E-state index in [2.05, 4.69) is 33.6 Å². The molecule has 1 aliphatic rings. The predicted molar refractivity (Wildman–Crippen MR) is 89.9 cm³/mol. The average Bonchev–Trinajstić information content (AvgIpc) is 2.72. The second kappa shape index (κ2) is 8.85. The van der Waals surface area contributed by atoms with Gasteiger partial charge in [0.15, 0.2) is 0 Å². The Morgan fingerprint density at radius 2 is 1.76 bits per heavy atom. The van der Waals surface area contributed by atoms with Crippen molar-refractivity contribution in [3.63, 3.8) is 0 Å². The monoisotopic (exact) mass is 290 g/mol. The zero-order valence-electron chi connectivity index (χ0n) is 13.6. The Bertz CT molecular complexity index is 411. The molecule has 0 aliphatic heterocycles. The van der Waals surface area contributed by atoms with Gasteiger partial charge in [0.2, 0.25) is 0 Å². The fourth-order valence-electron chi connectivity index (χ4n) is 2.96. The third kappa shape index (κ3) is 5.90. The number of anilines is 2. The van der Waals surface area contributed by atoms with E-state index >= 15 is 0 Å². The summed E-state index contributed by atoms with van der Waals surface area (Å²) in [6, 6.07) is 2.64. The molecule has 1 saturated carbocycles. The Kier molecular flexibility index (Phi) is 6.77. The van der Waals surface area contributed by atoms with Crippen molar-refractivity contribution in [1.82, 2.24) is 9.97 Å². The molecule has 0 amide bonds. The molecule has 2 rings (SSSR count). The number of unbranched alkanes of at least 4 members (excludes halogenated alkanes) is 2. The van der Waals surface area contributed by atoms with E-state index in [-0.39, 0.29) is 0 Å². The molecule has 4 nitrogen and oxygen atoms in total. The Morgan fingerprint density at radius 1 is 1.05 bits per heavy atom. The molecule has 1 aromatic rings. The van der Waals surface area contributed by atoms with Gasteiger partial charge in [0, 0.05) is 18.7 Å². The zero-order valence-corrected chi connectivity index (χ0v) is 13.6. The largest absolute Gasteiger partial charge is 0.370 e. The lowest BCUT2D eigenvalue weighted by Gasteiger charge is -2.17. The van der Waals surface area contributed by atoms with Crippen LogP contribution in [0.4, 0.5) is 11.6 Å². The molecule has 1 aromatic heterocycles. The van der Waals surface area contributed by atoms with Gasteiger partial charge >= 0.3 is 0 Å². The highest BCUT2D eigenvalue weighted by Crippen LogP contribution is 2.21. The van der Waals surface area contributed by atoms with Gasteiger partial charge in [-0.3, -0.25) is 0 Å². The van der Waals surface area contributed by atoms with Gasteiger partial charge in [-0.25, -0.2) is 9.97 Å². The SMILES string of the molecule is CCCCCNc1cc(NC2CCCCCC2)nc(C)n1. The van der Waals surface area contributed by atoms with E-state index in [0.29, 0.717) is 6.04 Å². The van der Waals surface area contributed by atoms with Crippen molar-refractivity contribution < 1.29 is 0 Å². The number of hydrogen-bond acceptors (Lipinski definition) is 4. The second-order valence-electron chi connectivity index (χ2n) is 6.15. The zero-order chi connectivity index (χ0) is 14.9. The standard InChI is InChI=1S/C17H30N4/c1-3-4-9-12-18-16-13-17(20-14(2)19-16)21-15-10-7-5-6-8-11-15/h13,15H,3-12H2,1-2H3,(H2,18,19,20,21). The van der Waals surface area contributed by atoms with Crippen LogP contribution in [0.25, 0.3) is 0 Å². The highest BCUT2D eigenvalue weighted by Gasteiger charge is 2.13. The first-order valence-electron chi connectivity index (χ1n) is 8.64. The van der Waals surface area contributed by atoms with Crippen LogP contribution in [-0.2, 0) is 0 Å². The van der Waals surface area contributed by atoms with Gasteiger partial charge in [-0.15, -0.1) is 0 Å². The minimum absolute atomic E-state index is 0.578. The number of rotatable bonds is 7. The summed E-state index contributed by atoms with van der Waals surface area (Å²) in [6.45, 7) is 5.19. The molecule has 0 spiro atoms. The van der Waals surface area contributed by atoms with Crippen molar-refractivity contribution in [1.29, 1.82) is 0 Å². The quantitative estimate of drug-likeness (QED) is 0.572. The van der Waals surface area contributed by atoms with E-state index in [0.717, 1.165) is 24.0 Å². The normalized spacial score (nSPS) is 16.5. The predicted octanol–water partition coefficient (Wildman–Crippen LogP) is 4.52. The number of nitrogens with zero attached hydrogens (tertiary/aromatic N) is 2. The van der Waals surface area contributed by atoms with Crippen LogP contribution in [0, 0.1) is 6.92 Å². The fraction of sp³-hybridized carbons (Fsp3) is 0.765. The Morgan fingerprint density at radius 3 is 2.48 bits per heavy atom. The van der Waals surface area contributed by atoms with Crippen LogP contribution < -0.4 is 10.6 Å². The molecule has 2 N–H and O–H groups in total. The molecule has 0 bridgehead atoms. The molecule has 1 fully saturated rings. The van der Waals surface area contributed by atoms with E-state index in [1.165, 1.54) is 57.8 Å². The van der Waals surface area contributed by atoms with Gasteiger partial charge in [0.1, 0.15) is 17.5 Å². The molecule has 4 heteroatoms. The fourth-order valence-corrected chi connectivity index (χ4v) is 2.96. The van der Waals surface area contributed by atoms with Crippen molar-refractivity contribution in [2.75, 3.05) is 17.2 Å². The molecule has 1 heterocycles. The Balaban J connectivity index is 1.90. The lowest BCUT2D eigenvalue weighted by Crippen LogP contribution is -2.19. The van der Waals surface area contributed by atoms with Gasteiger partial charge in [-0.2, -0.15) is 0 Å². The summed E-state index contributed by atoms with van der Waals surface area (Å²) in [6.07, 6.45) is 11.7. The van der Waals surface area contributed by atoms with Crippen molar-refractivity contribution in [3.8, 4) is 0 Å². The summed E-state index contributed by atoms with van der Waals surface area (Å²) in [4.78, 5) is 9.02. The molecule has 118 valence electrons. The van der Waals surface area contributed by atoms with Crippen LogP contribution >= 0.6 is 0 Å². The summed E-state index contributed by atoms with van der Waals surface area (Å²) in [5, 5.41) is 7.03. The van der Waals surface area contributed by atoms with Crippen molar-refractivity contribution in [2.45, 2.75) is 77.7 Å². The van der Waals surface area contributed by atoms with Crippen LogP contribution in [-0.4, -0.2) is 22.6 Å². The maximum Gasteiger partial charge on any atom is 0.132 e. The average molecular weight is 290 g/mol. The number of nitrogens with one attached hydrogen (secondary N) is 2. The summed E-state index contributed by atoms with van der Waals surface area (Å²) >= 11 is 0. The van der Waals surface area contributed by atoms with E-state index in [1.54, 1.807) is 0 Å². The van der Waals surface area contributed by atoms with Gasteiger partial charge in [-0.1, -0.05) is 45.4 Å². The first-order chi connectivity index (χ1) is 10.3. The van der Waals surface area contributed by atoms with Crippen LogP contribution in [0.2, 0.25) is 0 Å². The van der Waals surface area contributed by atoms with E-state index in [9.17, 15) is 0 Å². The van der Waals surface area contributed by atoms with Crippen LogP contribution in [0.15, 0.2) is 6.07 Å². The molecular formula is C17H30N4. The number of hydrogen-bond donors (Lipinski definition) is 2. The number of aryl methyl sites for hydroxylation is 1. The smallest absolute Gasteiger partial charge is 0.132 e. The first-order valence-corrected chi connectivity index (χ1v) is 8.64. The van der Waals surface area contributed by atoms with E-state index in [1.807, 2.05) is 6.92 Å². The van der Waals surface area contributed by atoms with Crippen molar-refractivity contribution in [2.24, 2.45) is 0 Å². The maximum absolute atomic E-state index is 4.54. The summed E-state index contributed by atoms with van der Waals surface area (Å²) in [5.74, 6) is 2.77. The summed E-state index contributed by atoms with van der Waals surface area (Å²) in [5.41, 5.74) is 0. The van der Waals surface area contributed by atoms with Gasteiger partial charge in [-0.05, 0) is 26.2 Å². The van der Waals surface area contributed by atoms with Crippen LogP contribution in [0.1, 0.15) is 70.5 Å². The number of aromatic nitrogens is 2. The molecule has 0 unspecified atom stereocenters. The molecule has 0 radical (unpaired) electrons. The molecule has 1 aliphatic carbocycles. The van der Waals surface area contributed by atoms with Gasteiger partial charge < -0.3 is 10.6 Å². The van der Waals surface area contributed by atoms with Gasteiger partial charge in [0.25, 0.3) is 0 Å². The Labute approximate surface area is 129 Å². The summed E-state index contributed by atoms with van der Waals surface area (Å²) in [7, 11) is 0. The molecule has 0 aromatic carbocycles. The molecule has 21 heavy (non-hydrogen) atoms. The topological polar surface area (TPSA) is 49.8 Å². The highest BCUT2D eigenvalue weighted by atomic mass is 15.1. The first kappa shape index (κ1) is 16.1. The minimum Gasteiger partial charge on any atom is -0.370 e. The third-order valence-corrected chi connectivity index (χ3v) is 4.13. The maximum atomic E-state index is 4.54. The second-order valence-corrected chi connectivity index (χ2v) is 6.15. The molecule has 0 atom stereocenters. The lowest BCUT2D eigenvalue weighted by molar-refractivity contribution is 0.617. The van der Waals surface area contributed by atoms with Crippen molar-refractivity contribution in [3.05, 3.63) is 11.9 Å². The summed E-state index contributed by atoms with van der Waals surface area (Å²) < 4.78 is 0. The van der Waals surface area contributed by atoms with Crippen LogP contribution in [0.5, 0.6) is 0 Å². The minimum atomic E-state index is 0.578.